The van der Waals surface area contributed by atoms with Gasteiger partial charge in [-0.25, -0.2) is 4.98 Å². The van der Waals surface area contributed by atoms with Crippen molar-refractivity contribution in [2.45, 2.75) is 52.6 Å². The summed E-state index contributed by atoms with van der Waals surface area (Å²) in [6.45, 7) is 9.32. The molecule has 19 heavy (non-hydrogen) atoms. The first-order valence-corrected chi connectivity index (χ1v) is 7.57. The molecule has 1 fully saturated rings. The summed E-state index contributed by atoms with van der Waals surface area (Å²) < 4.78 is 7.59. The Morgan fingerprint density at radius 2 is 2.26 bits per heavy atom. The highest BCUT2D eigenvalue weighted by atomic mass is 16.5. The number of nitrogens with one attached hydrogen (secondary N) is 1. The summed E-state index contributed by atoms with van der Waals surface area (Å²) in [7, 11) is 0. The zero-order chi connectivity index (χ0) is 13.7. The summed E-state index contributed by atoms with van der Waals surface area (Å²) in [6.07, 6.45) is 7.55. The molecule has 0 amide bonds. The average molecular weight is 265 g/mol. The topological polar surface area (TPSA) is 39.1 Å². The third-order valence-corrected chi connectivity index (χ3v) is 4.39. The number of ether oxygens (including phenoxy) is 1. The van der Waals surface area contributed by atoms with Crippen LogP contribution >= 0.6 is 0 Å². The maximum atomic E-state index is 5.38. The molecule has 0 aliphatic heterocycles. The lowest BCUT2D eigenvalue weighted by Crippen LogP contribution is -2.26. The highest BCUT2D eigenvalue weighted by Gasteiger charge is 2.30. The predicted molar refractivity (Wildman–Crippen MR) is 78.3 cm³/mol. The van der Waals surface area contributed by atoms with Gasteiger partial charge >= 0.3 is 0 Å². The molecule has 4 nitrogen and oxygen atoms in total. The molecule has 0 radical (unpaired) electrons. The molecule has 3 unspecified atom stereocenters. The second-order valence-corrected chi connectivity index (χ2v) is 5.66. The Kier molecular flexibility index (Phi) is 5.25. The molecule has 108 valence electrons. The molecule has 0 bridgehead atoms. The van der Waals surface area contributed by atoms with E-state index in [-0.39, 0.29) is 0 Å². The van der Waals surface area contributed by atoms with Crippen LogP contribution in [0.25, 0.3) is 0 Å². The number of rotatable bonds is 7. The Balaban J connectivity index is 1.85. The summed E-state index contributed by atoms with van der Waals surface area (Å²) in [5, 5.41) is 3.62. The Morgan fingerprint density at radius 1 is 1.42 bits per heavy atom. The van der Waals surface area contributed by atoms with E-state index in [0.29, 0.717) is 6.04 Å². The number of aromatic nitrogens is 2. The molecular formula is C15H27N3O. The van der Waals surface area contributed by atoms with Gasteiger partial charge in [-0.2, -0.15) is 0 Å². The summed E-state index contributed by atoms with van der Waals surface area (Å²) in [6, 6.07) is 0.572. The van der Waals surface area contributed by atoms with E-state index in [0.717, 1.165) is 44.0 Å². The third kappa shape index (κ3) is 3.72. The molecule has 2 rings (SSSR count). The van der Waals surface area contributed by atoms with Gasteiger partial charge in [0, 0.05) is 38.2 Å². The molecule has 0 spiro atoms. The Bertz CT molecular complexity index is 377. The maximum Gasteiger partial charge on any atom is 0.202 e. The molecule has 1 aromatic heterocycles. The van der Waals surface area contributed by atoms with Crippen LogP contribution in [0, 0.1) is 11.8 Å². The SMILES string of the molecule is CCOCCCn1ccnc1NC1CCC(C)C1C. The van der Waals surface area contributed by atoms with Gasteiger partial charge in [-0.3, -0.25) is 0 Å². The van der Waals surface area contributed by atoms with Crippen molar-refractivity contribution in [1.29, 1.82) is 0 Å². The van der Waals surface area contributed by atoms with Gasteiger partial charge in [-0.1, -0.05) is 13.8 Å². The molecule has 1 aromatic rings. The molecule has 0 aromatic carbocycles. The van der Waals surface area contributed by atoms with Gasteiger partial charge in [0.15, 0.2) is 0 Å². The summed E-state index contributed by atoms with van der Waals surface area (Å²) in [5.74, 6) is 2.56. The van der Waals surface area contributed by atoms with Crippen LogP contribution in [0.1, 0.15) is 40.0 Å². The van der Waals surface area contributed by atoms with Crippen LogP contribution in [0.3, 0.4) is 0 Å². The van der Waals surface area contributed by atoms with E-state index in [1.54, 1.807) is 0 Å². The molecule has 1 heterocycles. The van der Waals surface area contributed by atoms with E-state index < -0.39 is 0 Å². The smallest absolute Gasteiger partial charge is 0.202 e. The highest BCUT2D eigenvalue weighted by Crippen LogP contribution is 2.32. The van der Waals surface area contributed by atoms with Crippen molar-refractivity contribution in [1.82, 2.24) is 9.55 Å². The fourth-order valence-electron chi connectivity index (χ4n) is 2.85. The van der Waals surface area contributed by atoms with E-state index >= 15 is 0 Å². The van der Waals surface area contributed by atoms with Crippen molar-refractivity contribution in [3.05, 3.63) is 12.4 Å². The van der Waals surface area contributed by atoms with E-state index in [2.05, 4.69) is 34.9 Å². The van der Waals surface area contributed by atoms with Gasteiger partial charge in [0.2, 0.25) is 5.95 Å². The average Bonchev–Trinajstić information content (AvgIpc) is 2.97. The fraction of sp³-hybridized carbons (Fsp3) is 0.800. The Morgan fingerprint density at radius 3 is 2.95 bits per heavy atom. The standard InChI is InChI=1S/C15H27N3O/c1-4-19-11-5-9-18-10-8-16-15(18)17-14-7-6-12(2)13(14)3/h8,10,12-14H,4-7,9,11H2,1-3H3,(H,16,17). The fourth-order valence-corrected chi connectivity index (χ4v) is 2.85. The normalized spacial score (nSPS) is 26.8. The molecule has 1 saturated carbocycles. The molecule has 0 saturated heterocycles. The van der Waals surface area contributed by atoms with E-state index in [1.165, 1.54) is 12.8 Å². The number of hydrogen-bond donors (Lipinski definition) is 1. The van der Waals surface area contributed by atoms with Crippen molar-refractivity contribution in [3.63, 3.8) is 0 Å². The molecule has 3 atom stereocenters. The number of nitrogens with zero attached hydrogens (tertiary/aromatic N) is 2. The minimum atomic E-state index is 0.572. The van der Waals surface area contributed by atoms with Crippen molar-refractivity contribution in [3.8, 4) is 0 Å². The van der Waals surface area contributed by atoms with Gasteiger partial charge < -0.3 is 14.6 Å². The van der Waals surface area contributed by atoms with Crippen molar-refractivity contribution >= 4 is 5.95 Å². The number of aryl methyl sites for hydroxylation is 1. The summed E-state index contributed by atoms with van der Waals surface area (Å²) in [5.41, 5.74) is 0. The molecule has 1 aliphatic carbocycles. The number of hydrogen-bond acceptors (Lipinski definition) is 3. The van der Waals surface area contributed by atoms with Crippen molar-refractivity contribution < 1.29 is 4.74 Å². The van der Waals surface area contributed by atoms with Crippen LogP contribution in [0.2, 0.25) is 0 Å². The van der Waals surface area contributed by atoms with Gasteiger partial charge in [0.05, 0.1) is 0 Å². The lowest BCUT2D eigenvalue weighted by Gasteiger charge is -2.21. The quantitative estimate of drug-likeness (QED) is 0.770. The monoisotopic (exact) mass is 265 g/mol. The highest BCUT2D eigenvalue weighted by molar-refractivity contribution is 5.28. The van der Waals surface area contributed by atoms with E-state index in [1.807, 2.05) is 13.1 Å². The number of imidazole rings is 1. The van der Waals surface area contributed by atoms with Crippen LogP contribution in [-0.4, -0.2) is 28.8 Å². The molecule has 4 heteroatoms. The minimum absolute atomic E-state index is 0.572. The van der Waals surface area contributed by atoms with Crippen molar-refractivity contribution in [2.75, 3.05) is 18.5 Å². The van der Waals surface area contributed by atoms with Gasteiger partial charge in [-0.15, -0.1) is 0 Å². The lowest BCUT2D eigenvalue weighted by atomic mass is 9.98. The lowest BCUT2D eigenvalue weighted by molar-refractivity contribution is 0.142. The zero-order valence-corrected chi connectivity index (χ0v) is 12.4. The van der Waals surface area contributed by atoms with Crippen LogP contribution in [0.15, 0.2) is 12.4 Å². The van der Waals surface area contributed by atoms with Crippen LogP contribution in [0.4, 0.5) is 5.95 Å². The second-order valence-electron chi connectivity index (χ2n) is 5.66. The third-order valence-electron chi connectivity index (χ3n) is 4.39. The van der Waals surface area contributed by atoms with Crippen LogP contribution < -0.4 is 5.32 Å². The Labute approximate surface area is 116 Å². The van der Waals surface area contributed by atoms with E-state index in [4.69, 9.17) is 4.74 Å². The summed E-state index contributed by atoms with van der Waals surface area (Å²) >= 11 is 0. The Hall–Kier alpha value is -1.03. The van der Waals surface area contributed by atoms with Crippen LogP contribution in [0.5, 0.6) is 0 Å². The first-order chi connectivity index (χ1) is 9.22. The predicted octanol–water partition coefficient (Wildman–Crippen LogP) is 3.16. The first-order valence-electron chi connectivity index (χ1n) is 7.57. The zero-order valence-electron chi connectivity index (χ0n) is 12.4. The molecular weight excluding hydrogens is 238 g/mol. The molecule has 1 N–H and O–H groups in total. The van der Waals surface area contributed by atoms with Gasteiger partial charge in [-0.05, 0) is 38.0 Å². The van der Waals surface area contributed by atoms with E-state index in [9.17, 15) is 0 Å². The minimum Gasteiger partial charge on any atom is -0.382 e. The largest absolute Gasteiger partial charge is 0.382 e. The first kappa shape index (κ1) is 14.4. The van der Waals surface area contributed by atoms with Crippen molar-refractivity contribution in [2.24, 2.45) is 11.8 Å². The molecule has 1 aliphatic rings. The van der Waals surface area contributed by atoms with Crippen LogP contribution in [-0.2, 0) is 11.3 Å². The number of anilines is 1. The van der Waals surface area contributed by atoms with Gasteiger partial charge in [0.1, 0.15) is 0 Å². The van der Waals surface area contributed by atoms with Gasteiger partial charge in [0.25, 0.3) is 0 Å². The second kappa shape index (κ2) is 6.94. The maximum absolute atomic E-state index is 5.38. The summed E-state index contributed by atoms with van der Waals surface area (Å²) in [4.78, 5) is 4.45.